The fourth-order valence-corrected chi connectivity index (χ4v) is 4.49. The Hall–Kier alpha value is -4.56. The van der Waals surface area contributed by atoms with E-state index in [1.807, 2.05) is 29.8 Å². The van der Waals surface area contributed by atoms with Gasteiger partial charge in [-0.1, -0.05) is 24.8 Å². The Balaban J connectivity index is 1.26. The van der Waals surface area contributed by atoms with Crippen molar-refractivity contribution in [2.24, 2.45) is 0 Å². The van der Waals surface area contributed by atoms with Gasteiger partial charge < -0.3 is 14.6 Å². The summed E-state index contributed by atoms with van der Waals surface area (Å²) >= 11 is 0. The first-order valence-corrected chi connectivity index (χ1v) is 12.5. The minimum Gasteiger partial charge on any atom is -0.371 e. The van der Waals surface area contributed by atoms with Gasteiger partial charge in [0, 0.05) is 34.7 Å². The topological polar surface area (TPSA) is 73.1 Å². The maximum absolute atomic E-state index is 13.6. The number of epoxide rings is 1. The molecule has 1 saturated heterocycles. The van der Waals surface area contributed by atoms with Crippen molar-refractivity contribution in [1.29, 1.82) is 0 Å². The molecule has 1 unspecified atom stereocenters. The summed E-state index contributed by atoms with van der Waals surface area (Å²) in [6, 6.07) is 14.9. The number of anilines is 1. The molecule has 6 rings (SSSR count). The molecule has 1 aliphatic heterocycles. The van der Waals surface area contributed by atoms with Crippen LogP contribution in [-0.4, -0.2) is 37.0 Å². The van der Waals surface area contributed by atoms with Gasteiger partial charge in [0.2, 0.25) is 0 Å². The Morgan fingerprint density at radius 2 is 2.08 bits per heavy atom. The third kappa shape index (κ3) is 5.12. The van der Waals surface area contributed by atoms with Crippen molar-refractivity contribution < 1.29 is 9.13 Å². The van der Waals surface area contributed by atoms with Crippen LogP contribution in [0.1, 0.15) is 16.8 Å². The van der Waals surface area contributed by atoms with Crippen LogP contribution in [-0.2, 0) is 17.8 Å². The minimum absolute atomic E-state index is 0.253. The van der Waals surface area contributed by atoms with Crippen molar-refractivity contribution in [2.45, 2.75) is 26.1 Å². The first-order valence-electron chi connectivity index (χ1n) is 12.5. The summed E-state index contributed by atoms with van der Waals surface area (Å²) in [5, 5.41) is 8.83. The first-order chi connectivity index (χ1) is 18.6. The zero-order valence-electron chi connectivity index (χ0n) is 21.0. The zero-order chi connectivity index (χ0) is 26.1. The minimum atomic E-state index is -0.253. The van der Waals surface area contributed by atoms with Crippen LogP contribution >= 0.6 is 0 Å². The van der Waals surface area contributed by atoms with E-state index in [1.54, 1.807) is 24.7 Å². The predicted molar refractivity (Wildman–Crippen MR) is 147 cm³/mol. The molecular formula is C30H27FN6O. The van der Waals surface area contributed by atoms with Crippen LogP contribution in [0.25, 0.3) is 28.1 Å². The van der Waals surface area contributed by atoms with Crippen LogP contribution < -0.4 is 5.32 Å². The van der Waals surface area contributed by atoms with E-state index in [2.05, 4.69) is 62.1 Å². The highest BCUT2D eigenvalue weighted by Crippen LogP contribution is 2.29. The normalized spacial score (nSPS) is 15.1. The number of halogens is 1. The fraction of sp³-hybridized carbons (Fsp3) is 0.167. The quantitative estimate of drug-likeness (QED) is 0.201. The van der Waals surface area contributed by atoms with E-state index in [-0.39, 0.29) is 5.82 Å². The van der Waals surface area contributed by atoms with Gasteiger partial charge in [-0.3, -0.25) is 4.68 Å². The summed E-state index contributed by atoms with van der Waals surface area (Å²) in [6.45, 7) is 8.18. The molecule has 1 aliphatic rings. The molecule has 38 heavy (non-hydrogen) atoms. The lowest BCUT2D eigenvalue weighted by molar-refractivity contribution is 0.383. The van der Waals surface area contributed by atoms with Crippen LogP contribution in [0.15, 0.2) is 91.8 Å². The lowest BCUT2D eigenvalue weighted by Crippen LogP contribution is -2.04. The molecule has 3 aromatic heterocycles. The number of ether oxygens (including phenoxy) is 1. The number of aromatic nitrogens is 5. The van der Waals surface area contributed by atoms with E-state index in [0.717, 1.165) is 57.7 Å². The lowest BCUT2D eigenvalue weighted by atomic mass is 10.1. The highest BCUT2D eigenvalue weighted by Gasteiger charge is 2.22. The van der Waals surface area contributed by atoms with E-state index < -0.39 is 0 Å². The number of fused-ring (bicyclic) bond motifs is 1. The molecule has 2 aromatic carbocycles. The molecule has 0 aliphatic carbocycles. The van der Waals surface area contributed by atoms with Crippen molar-refractivity contribution in [1.82, 2.24) is 24.3 Å². The number of allylic oxidation sites excluding steroid dienone is 1. The number of nitrogens with zero attached hydrogens (tertiary/aromatic N) is 5. The van der Waals surface area contributed by atoms with Crippen molar-refractivity contribution in [2.75, 3.05) is 11.9 Å². The Labute approximate surface area is 219 Å². The number of benzene rings is 2. The smallest absolute Gasteiger partial charge is 0.141 e. The second kappa shape index (κ2) is 10.1. The largest absolute Gasteiger partial charge is 0.371 e. The molecule has 0 saturated carbocycles. The number of nitrogens with one attached hydrogen (secondary N) is 1. The Kier molecular flexibility index (Phi) is 6.31. The Morgan fingerprint density at radius 1 is 1.18 bits per heavy atom. The van der Waals surface area contributed by atoms with E-state index in [1.165, 1.54) is 12.1 Å². The number of hydrogen-bond donors (Lipinski definition) is 1. The molecule has 0 bridgehead atoms. The Bertz CT molecular complexity index is 1660. The van der Waals surface area contributed by atoms with Crippen LogP contribution in [0.2, 0.25) is 0 Å². The van der Waals surface area contributed by atoms with E-state index >= 15 is 0 Å². The monoisotopic (exact) mass is 506 g/mol. The van der Waals surface area contributed by atoms with E-state index in [9.17, 15) is 4.39 Å². The summed E-state index contributed by atoms with van der Waals surface area (Å²) in [5.74, 6) is 0.440. The maximum Gasteiger partial charge on any atom is 0.141 e. The molecule has 1 fully saturated rings. The van der Waals surface area contributed by atoms with Gasteiger partial charge in [0.05, 0.1) is 37.5 Å². The highest BCUT2D eigenvalue weighted by atomic mass is 19.1. The van der Waals surface area contributed by atoms with Crippen molar-refractivity contribution in [3.63, 3.8) is 0 Å². The molecule has 5 aromatic rings. The standard InChI is InChI=1S/C30H27FN6O/c1-3-26(12-24-14-34-37(20(24)2)15-21-5-4-6-25(31)11-21)35-30-28-13-22(7-8-29(28)32-19-33-30)23-9-10-36(16-23)17-27-18-38-27/h3-14,16,19,27H,1,15,17-18H2,2H3,(H,32,33,35)/b26-12+. The lowest BCUT2D eigenvalue weighted by Gasteiger charge is -2.10. The zero-order valence-corrected chi connectivity index (χ0v) is 21.0. The van der Waals surface area contributed by atoms with Crippen molar-refractivity contribution in [3.05, 3.63) is 114 Å². The van der Waals surface area contributed by atoms with Gasteiger partial charge in [0.1, 0.15) is 18.0 Å². The molecule has 0 spiro atoms. The third-order valence-corrected chi connectivity index (χ3v) is 6.69. The van der Waals surface area contributed by atoms with Crippen molar-refractivity contribution >= 4 is 22.8 Å². The maximum atomic E-state index is 13.6. The average molecular weight is 507 g/mol. The van der Waals surface area contributed by atoms with E-state index in [0.29, 0.717) is 18.5 Å². The van der Waals surface area contributed by atoms with E-state index in [4.69, 9.17) is 4.74 Å². The van der Waals surface area contributed by atoms with Gasteiger partial charge in [-0.25, -0.2) is 14.4 Å². The van der Waals surface area contributed by atoms with Crippen LogP contribution in [0.5, 0.6) is 0 Å². The molecule has 0 amide bonds. The molecule has 1 atom stereocenters. The summed E-state index contributed by atoms with van der Waals surface area (Å²) in [7, 11) is 0. The van der Waals surface area contributed by atoms with Gasteiger partial charge in [-0.05, 0) is 66.1 Å². The average Bonchev–Trinajstić information content (AvgIpc) is 3.51. The third-order valence-electron chi connectivity index (χ3n) is 6.69. The van der Waals surface area contributed by atoms with Gasteiger partial charge in [0.15, 0.2) is 0 Å². The molecule has 7 nitrogen and oxygen atoms in total. The molecule has 4 heterocycles. The molecule has 190 valence electrons. The fourth-order valence-electron chi connectivity index (χ4n) is 4.49. The summed E-state index contributed by atoms with van der Waals surface area (Å²) in [6.07, 6.45) is 11.6. The highest BCUT2D eigenvalue weighted by molar-refractivity contribution is 5.93. The number of hydrogen-bond acceptors (Lipinski definition) is 5. The summed E-state index contributed by atoms with van der Waals surface area (Å²) in [5.41, 5.74) is 6.59. The van der Waals surface area contributed by atoms with Crippen LogP contribution in [0.4, 0.5) is 10.2 Å². The van der Waals surface area contributed by atoms with Gasteiger partial charge >= 0.3 is 0 Å². The molecule has 1 N–H and O–H groups in total. The second-order valence-corrected chi connectivity index (χ2v) is 9.41. The second-order valence-electron chi connectivity index (χ2n) is 9.41. The summed E-state index contributed by atoms with van der Waals surface area (Å²) in [4.78, 5) is 8.98. The van der Waals surface area contributed by atoms with Gasteiger partial charge in [0.25, 0.3) is 0 Å². The molecular weight excluding hydrogens is 479 g/mol. The summed E-state index contributed by atoms with van der Waals surface area (Å²) < 4.78 is 23.0. The van der Waals surface area contributed by atoms with Crippen LogP contribution in [0.3, 0.4) is 0 Å². The van der Waals surface area contributed by atoms with Crippen LogP contribution in [0, 0.1) is 12.7 Å². The SMILES string of the molecule is C=C/C(=C\c1cnn(Cc2cccc(F)c2)c1C)Nc1ncnc2ccc(-c3ccn(CC4CO4)c3)cc12. The predicted octanol–water partition coefficient (Wildman–Crippen LogP) is 5.83. The first kappa shape index (κ1) is 23.8. The molecule has 8 heteroatoms. The number of rotatable bonds is 9. The Morgan fingerprint density at radius 3 is 2.89 bits per heavy atom. The van der Waals surface area contributed by atoms with Gasteiger partial charge in [-0.15, -0.1) is 0 Å². The molecule has 0 radical (unpaired) electrons. The van der Waals surface area contributed by atoms with Gasteiger partial charge in [-0.2, -0.15) is 5.10 Å². The van der Waals surface area contributed by atoms with Crippen molar-refractivity contribution in [3.8, 4) is 11.1 Å².